The fourth-order valence-corrected chi connectivity index (χ4v) is 6.93. The zero-order chi connectivity index (χ0) is 23.4. The number of halogens is 2. The summed E-state index contributed by atoms with van der Waals surface area (Å²) < 4.78 is 5.74. The lowest BCUT2D eigenvalue weighted by Crippen LogP contribution is -2.39. The standard InChI is InChI=1S/C27H38Cl2N2OS/c1-19(2)27(32-3)12-20-6-9-30(10-7-20)15-23-16-31(17-25(23)22-8-11-33-18-22)14-21-4-5-24(28)13-26(21)29/h4-5,8,11,13,18-20,23,25,27H,6-7,9-10,12,14-17H2,1-3H3/t23?,25?,27-/m0/s1. The van der Waals surface area contributed by atoms with Crippen molar-refractivity contribution in [3.63, 3.8) is 0 Å². The van der Waals surface area contributed by atoms with Crippen LogP contribution in [0, 0.1) is 17.8 Å². The number of hydrogen-bond donors (Lipinski definition) is 0. The molecule has 0 amide bonds. The molecule has 0 saturated carbocycles. The molecule has 1 aromatic carbocycles. The Labute approximate surface area is 214 Å². The predicted molar refractivity (Wildman–Crippen MR) is 142 cm³/mol. The van der Waals surface area contributed by atoms with Gasteiger partial charge < -0.3 is 9.64 Å². The first-order chi connectivity index (χ1) is 15.9. The molecule has 2 fully saturated rings. The summed E-state index contributed by atoms with van der Waals surface area (Å²) in [6.07, 6.45) is 4.20. The van der Waals surface area contributed by atoms with E-state index in [2.05, 4.69) is 46.5 Å². The maximum Gasteiger partial charge on any atom is 0.0596 e. The maximum atomic E-state index is 6.49. The Hall–Kier alpha value is -0.620. The number of likely N-dealkylation sites (tertiary alicyclic amines) is 2. The monoisotopic (exact) mass is 508 g/mol. The van der Waals surface area contributed by atoms with E-state index in [0.717, 1.165) is 30.6 Å². The van der Waals surface area contributed by atoms with Crippen molar-refractivity contribution < 1.29 is 4.74 Å². The molecular formula is C27H38Cl2N2OS. The van der Waals surface area contributed by atoms with Crippen LogP contribution in [0.5, 0.6) is 0 Å². The van der Waals surface area contributed by atoms with Crippen LogP contribution in [0.1, 0.15) is 50.2 Å². The van der Waals surface area contributed by atoms with Gasteiger partial charge in [0.15, 0.2) is 0 Å². The lowest BCUT2D eigenvalue weighted by Gasteiger charge is -2.36. The van der Waals surface area contributed by atoms with E-state index in [1.807, 2.05) is 30.6 Å². The summed E-state index contributed by atoms with van der Waals surface area (Å²) in [5.41, 5.74) is 2.67. The molecule has 0 N–H and O–H groups in total. The fourth-order valence-electron chi connectivity index (χ4n) is 5.73. The van der Waals surface area contributed by atoms with Gasteiger partial charge in [0, 0.05) is 49.3 Å². The van der Waals surface area contributed by atoms with Gasteiger partial charge in [-0.05, 0) is 90.2 Å². The molecule has 3 heterocycles. The first-order valence-electron chi connectivity index (χ1n) is 12.4. The summed E-state index contributed by atoms with van der Waals surface area (Å²) in [5, 5.41) is 6.04. The highest BCUT2D eigenvalue weighted by molar-refractivity contribution is 7.08. The Kier molecular flexibility index (Phi) is 9.17. The molecule has 0 radical (unpaired) electrons. The average molecular weight is 510 g/mol. The van der Waals surface area contributed by atoms with Crippen molar-refractivity contribution in [2.45, 2.75) is 51.7 Å². The summed E-state index contributed by atoms with van der Waals surface area (Å²) in [6.45, 7) is 11.3. The minimum absolute atomic E-state index is 0.396. The van der Waals surface area contributed by atoms with Crippen molar-refractivity contribution in [1.29, 1.82) is 0 Å². The zero-order valence-corrected chi connectivity index (χ0v) is 22.5. The van der Waals surface area contributed by atoms with Crippen molar-refractivity contribution in [2.75, 3.05) is 39.8 Å². The molecule has 2 aliphatic rings. The van der Waals surface area contributed by atoms with Crippen LogP contribution in [0.25, 0.3) is 0 Å². The second-order valence-corrected chi connectivity index (χ2v) is 12.0. The average Bonchev–Trinajstić information content (AvgIpc) is 3.45. The largest absolute Gasteiger partial charge is 0.381 e. The zero-order valence-electron chi connectivity index (χ0n) is 20.2. The van der Waals surface area contributed by atoms with Crippen LogP contribution in [0.4, 0.5) is 0 Å². The highest BCUT2D eigenvalue weighted by Gasteiger charge is 2.36. The quantitative estimate of drug-likeness (QED) is 0.361. The van der Waals surface area contributed by atoms with Crippen LogP contribution in [-0.2, 0) is 11.3 Å². The number of nitrogens with zero attached hydrogens (tertiary/aromatic N) is 2. The van der Waals surface area contributed by atoms with Gasteiger partial charge >= 0.3 is 0 Å². The second kappa shape index (κ2) is 11.9. The summed E-state index contributed by atoms with van der Waals surface area (Å²) in [4.78, 5) is 5.30. The summed E-state index contributed by atoms with van der Waals surface area (Å²) in [6, 6.07) is 8.21. The molecular weight excluding hydrogens is 471 g/mol. The van der Waals surface area contributed by atoms with E-state index in [1.54, 1.807) is 0 Å². The van der Waals surface area contributed by atoms with E-state index in [1.165, 1.54) is 50.0 Å². The Bertz CT molecular complexity index is 867. The van der Waals surface area contributed by atoms with Gasteiger partial charge in [-0.15, -0.1) is 0 Å². The first-order valence-corrected chi connectivity index (χ1v) is 14.1. The van der Waals surface area contributed by atoms with Crippen LogP contribution >= 0.6 is 34.5 Å². The lowest BCUT2D eigenvalue weighted by atomic mass is 9.86. The molecule has 3 atom stereocenters. The van der Waals surface area contributed by atoms with Crippen molar-refractivity contribution in [3.8, 4) is 0 Å². The molecule has 2 unspecified atom stereocenters. The molecule has 182 valence electrons. The summed E-state index contributed by atoms with van der Waals surface area (Å²) >= 11 is 14.4. The lowest BCUT2D eigenvalue weighted by molar-refractivity contribution is 0.0321. The highest BCUT2D eigenvalue weighted by Crippen LogP contribution is 2.37. The Morgan fingerprint density at radius 3 is 2.52 bits per heavy atom. The van der Waals surface area contributed by atoms with E-state index >= 15 is 0 Å². The number of ether oxygens (including phenoxy) is 1. The van der Waals surface area contributed by atoms with Crippen molar-refractivity contribution in [3.05, 3.63) is 56.2 Å². The van der Waals surface area contributed by atoms with Gasteiger partial charge in [0.25, 0.3) is 0 Å². The van der Waals surface area contributed by atoms with E-state index in [4.69, 9.17) is 27.9 Å². The third kappa shape index (κ3) is 6.74. The van der Waals surface area contributed by atoms with Crippen molar-refractivity contribution in [1.82, 2.24) is 9.80 Å². The van der Waals surface area contributed by atoms with E-state index in [-0.39, 0.29) is 0 Å². The van der Waals surface area contributed by atoms with Gasteiger partial charge in [-0.25, -0.2) is 0 Å². The predicted octanol–water partition coefficient (Wildman–Crippen LogP) is 7.04. The highest BCUT2D eigenvalue weighted by atomic mass is 35.5. The van der Waals surface area contributed by atoms with Crippen molar-refractivity contribution >= 4 is 34.5 Å². The van der Waals surface area contributed by atoms with E-state index in [0.29, 0.717) is 28.9 Å². The number of hydrogen-bond acceptors (Lipinski definition) is 4. The fraction of sp³-hybridized carbons (Fsp3) is 0.630. The Morgan fingerprint density at radius 2 is 1.88 bits per heavy atom. The van der Waals surface area contributed by atoms with Gasteiger partial charge in [0.2, 0.25) is 0 Å². The minimum Gasteiger partial charge on any atom is -0.381 e. The number of piperidine rings is 1. The SMILES string of the molecule is CO[C@@H](CC1CCN(CC2CN(Cc3ccc(Cl)cc3Cl)CC2c2ccsc2)CC1)C(C)C. The van der Waals surface area contributed by atoms with Crippen LogP contribution in [0.3, 0.4) is 0 Å². The Morgan fingerprint density at radius 1 is 1.09 bits per heavy atom. The molecule has 1 aromatic heterocycles. The Balaban J connectivity index is 1.35. The second-order valence-electron chi connectivity index (χ2n) is 10.4. The van der Waals surface area contributed by atoms with Crippen LogP contribution in [-0.4, -0.2) is 55.7 Å². The minimum atomic E-state index is 0.396. The number of methoxy groups -OCH3 is 1. The molecule has 0 bridgehead atoms. The topological polar surface area (TPSA) is 15.7 Å². The molecule has 3 nitrogen and oxygen atoms in total. The third-order valence-electron chi connectivity index (χ3n) is 7.71. The first kappa shape index (κ1) is 25.5. The van der Waals surface area contributed by atoms with Crippen LogP contribution in [0.2, 0.25) is 10.0 Å². The molecule has 0 aliphatic carbocycles. The van der Waals surface area contributed by atoms with Crippen LogP contribution < -0.4 is 0 Å². The summed E-state index contributed by atoms with van der Waals surface area (Å²) in [7, 11) is 1.87. The van der Waals surface area contributed by atoms with Crippen molar-refractivity contribution in [2.24, 2.45) is 17.8 Å². The third-order valence-corrected chi connectivity index (χ3v) is 9.00. The molecule has 4 rings (SSSR count). The molecule has 2 aliphatic heterocycles. The molecule has 33 heavy (non-hydrogen) atoms. The van der Waals surface area contributed by atoms with E-state index < -0.39 is 0 Å². The van der Waals surface area contributed by atoms with Gasteiger partial charge in [-0.1, -0.05) is 43.1 Å². The van der Waals surface area contributed by atoms with Gasteiger partial charge in [-0.2, -0.15) is 11.3 Å². The molecule has 2 saturated heterocycles. The molecule has 0 spiro atoms. The number of thiophene rings is 1. The number of benzene rings is 1. The number of rotatable bonds is 9. The smallest absolute Gasteiger partial charge is 0.0596 e. The van der Waals surface area contributed by atoms with Gasteiger partial charge in [0.1, 0.15) is 0 Å². The normalized spacial score (nSPS) is 24.1. The maximum absolute atomic E-state index is 6.49. The summed E-state index contributed by atoms with van der Waals surface area (Å²) in [5.74, 6) is 2.65. The van der Waals surface area contributed by atoms with Gasteiger partial charge in [-0.3, -0.25) is 4.90 Å². The van der Waals surface area contributed by atoms with Gasteiger partial charge in [0.05, 0.1) is 6.10 Å². The molecule has 2 aromatic rings. The van der Waals surface area contributed by atoms with E-state index in [9.17, 15) is 0 Å². The molecule has 6 heteroatoms. The van der Waals surface area contributed by atoms with Crippen LogP contribution in [0.15, 0.2) is 35.0 Å².